The Hall–Kier alpha value is -0.280. The molecule has 17 heavy (non-hydrogen) atoms. The summed E-state index contributed by atoms with van der Waals surface area (Å²) in [7, 11) is 0. The van der Waals surface area contributed by atoms with Crippen molar-refractivity contribution >= 4 is 17.5 Å². The van der Waals surface area contributed by atoms with E-state index in [9.17, 15) is 9.90 Å². The molecule has 0 bridgehead atoms. The molecule has 1 aliphatic heterocycles. The van der Waals surface area contributed by atoms with Crippen LogP contribution in [0.25, 0.3) is 0 Å². The molecule has 98 valence electrons. The van der Waals surface area contributed by atoms with Crippen molar-refractivity contribution in [3.8, 4) is 0 Å². The highest BCUT2D eigenvalue weighted by atomic mass is 35.5. The molecule has 1 N–H and O–H groups in total. The van der Waals surface area contributed by atoms with E-state index in [-0.39, 0.29) is 23.8 Å². The molecule has 2 fully saturated rings. The van der Waals surface area contributed by atoms with E-state index in [2.05, 4.69) is 0 Å². The summed E-state index contributed by atoms with van der Waals surface area (Å²) in [4.78, 5) is 14.0. The number of aliphatic hydroxyl groups excluding tert-OH is 1. The van der Waals surface area contributed by atoms with Gasteiger partial charge < -0.3 is 10.0 Å². The number of hydrogen-bond acceptors (Lipinski definition) is 2. The fourth-order valence-corrected chi connectivity index (χ4v) is 3.61. The summed E-state index contributed by atoms with van der Waals surface area (Å²) in [6.07, 6.45) is 5.45. The van der Waals surface area contributed by atoms with Gasteiger partial charge in [0.05, 0.1) is 0 Å². The highest BCUT2D eigenvalue weighted by Gasteiger charge is 2.49. The molecule has 1 amide bonds. The lowest BCUT2D eigenvalue weighted by Crippen LogP contribution is -2.36. The van der Waals surface area contributed by atoms with Gasteiger partial charge in [0.15, 0.2) is 0 Å². The van der Waals surface area contributed by atoms with E-state index in [1.54, 1.807) is 0 Å². The zero-order chi connectivity index (χ0) is 12.5. The predicted molar refractivity (Wildman–Crippen MR) is 68.0 cm³/mol. The second kappa shape index (κ2) is 5.15. The molecule has 1 saturated carbocycles. The first-order valence-electron chi connectivity index (χ1n) is 6.66. The Morgan fingerprint density at radius 3 is 2.71 bits per heavy atom. The van der Waals surface area contributed by atoms with Gasteiger partial charge in [-0.1, -0.05) is 19.8 Å². The molecular weight excluding hydrogens is 238 g/mol. The molecule has 2 rings (SSSR count). The summed E-state index contributed by atoms with van der Waals surface area (Å²) in [6, 6.07) is 0. The van der Waals surface area contributed by atoms with E-state index in [1.165, 1.54) is 12.8 Å². The SMILES string of the molecule is CC[C@@H](Cl)C(=O)N1C[C@H](CO)C2(CCCC2)C1. The molecule has 1 spiro atoms. The number of rotatable bonds is 3. The second-order valence-electron chi connectivity index (χ2n) is 5.54. The summed E-state index contributed by atoms with van der Waals surface area (Å²) in [5.74, 6) is 0.311. The molecule has 0 aromatic heterocycles. The molecular formula is C13H22ClNO2. The van der Waals surface area contributed by atoms with E-state index in [0.29, 0.717) is 13.0 Å². The molecule has 0 unspecified atom stereocenters. The van der Waals surface area contributed by atoms with Gasteiger partial charge in [0.1, 0.15) is 5.38 Å². The van der Waals surface area contributed by atoms with Gasteiger partial charge in [-0.05, 0) is 24.7 Å². The lowest BCUT2D eigenvalue weighted by molar-refractivity contribution is -0.130. The van der Waals surface area contributed by atoms with Crippen molar-refractivity contribution in [2.45, 2.75) is 44.4 Å². The van der Waals surface area contributed by atoms with Gasteiger partial charge in [-0.3, -0.25) is 4.79 Å². The van der Waals surface area contributed by atoms with Gasteiger partial charge in [0, 0.05) is 25.6 Å². The minimum absolute atomic E-state index is 0.0522. The van der Waals surface area contributed by atoms with Gasteiger partial charge in [-0.2, -0.15) is 0 Å². The summed E-state index contributed by atoms with van der Waals surface area (Å²) < 4.78 is 0. The number of hydrogen-bond donors (Lipinski definition) is 1. The molecule has 1 aliphatic carbocycles. The minimum Gasteiger partial charge on any atom is -0.396 e. The summed E-state index contributed by atoms with van der Waals surface area (Å²) >= 11 is 6.03. The molecule has 1 saturated heterocycles. The van der Waals surface area contributed by atoms with Gasteiger partial charge in [0.2, 0.25) is 5.91 Å². The Balaban J connectivity index is 2.07. The van der Waals surface area contributed by atoms with Crippen LogP contribution in [0.3, 0.4) is 0 Å². The largest absolute Gasteiger partial charge is 0.396 e. The van der Waals surface area contributed by atoms with E-state index in [4.69, 9.17) is 11.6 Å². The molecule has 3 nitrogen and oxygen atoms in total. The van der Waals surface area contributed by atoms with Crippen LogP contribution in [0.2, 0.25) is 0 Å². The fourth-order valence-electron chi connectivity index (χ4n) is 3.47. The third-order valence-corrected chi connectivity index (χ3v) is 5.07. The lowest BCUT2D eigenvalue weighted by Gasteiger charge is -2.28. The normalized spacial score (nSPS) is 28.9. The monoisotopic (exact) mass is 259 g/mol. The van der Waals surface area contributed by atoms with Crippen LogP contribution < -0.4 is 0 Å². The maximum atomic E-state index is 12.1. The van der Waals surface area contributed by atoms with Crippen molar-refractivity contribution in [1.29, 1.82) is 0 Å². The Kier molecular flexibility index (Phi) is 3.99. The van der Waals surface area contributed by atoms with E-state index in [1.807, 2.05) is 11.8 Å². The first kappa shape index (κ1) is 13.2. The van der Waals surface area contributed by atoms with Crippen molar-refractivity contribution < 1.29 is 9.90 Å². The van der Waals surface area contributed by atoms with Crippen molar-refractivity contribution in [2.75, 3.05) is 19.7 Å². The van der Waals surface area contributed by atoms with E-state index >= 15 is 0 Å². The fraction of sp³-hybridized carbons (Fsp3) is 0.923. The van der Waals surface area contributed by atoms with E-state index < -0.39 is 5.38 Å². The number of alkyl halides is 1. The van der Waals surface area contributed by atoms with Crippen LogP contribution in [0.1, 0.15) is 39.0 Å². The van der Waals surface area contributed by atoms with Crippen LogP contribution >= 0.6 is 11.6 Å². The van der Waals surface area contributed by atoms with E-state index in [0.717, 1.165) is 19.4 Å². The van der Waals surface area contributed by atoms with Crippen LogP contribution in [-0.4, -0.2) is 41.0 Å². The third-order valence-electron chi connectivity index (χ3n) is 4.57. The van der Waals surface area contributed by atoms with Gasteiger partial charge in [-0.25, -0.2) is 0 Å². The van der Waals surface area contributed by atoms with Crippen LogP contribution in [0.15, 0.2) is 0 Å². The zero-order valence-corrected chi connectivity index (χ0v) is 11.2. The first-order chi connectivity index (χ1) is 8.13. The first-order valence-corrected chi connectivity index (χ1v) is 7.10. The van der Waals surface area contributed by atoms with Crippen LogP contribution in [0.4, 0.5) is 0 Å². The lowest BCUT2D eigenvalue weighted by atomic mass is 9.77. The smallest absolute Gasteiger partial charge is 0.240 e. The molecule has 0 radical (unpaired) electrons. The van der Waals surface area contributed by atoms with Crippen LogP contribution in [-0.2, 0) is 4.79 Å². The number of carbonyl (C=O) groups excluding carboxylic acids is 1. The number of halogens is 1. The number of amides is 1. The number of carbonyl (C=O) groups is 1. The maximum absolute atomic E-state index is 12.1. The number of nitrogens with zero attached hydrogens (tertiary/aromatic N) is 1. The summed E-state index contributed by atoms with van der Waals surface area (Å²) in [5.41, 5.74) is 0.189. The van der Waals surface area contributed by atoms with Crippen molar-refractivity contribution in [2.24, 2.45) is 11.3 Å². The minimum atomic E-state index is -0.397. The molecule has 2 atom stereocenters. The standard InChI is InChI=1S/C13H22ClNO2/c1-2-11(14)12(17)15-7-10(8-16)13(9-15)5-3-4-6-13/h10-11,16H,2-9H2,1H3/t10-,11-/m1/s1. The zero-order valence-electron chi connectivity index (χ0n) is 10.5. The Morgan fingerprint density at radius 1 is 1.53 bits per heavy atom. The molecule has 0 aromatic rings. The number of aliphatic hydroxyl groups is 1. The molecule has 4 heteroatoms. The Labute approximate surface area is 108 Å². The average molecular weight is 260 g/mol. The summed E-state index contributed by atoms with van der Waals surface area (Å²) in [5, 5.41) is 9.12. The highest BCUT2D eigenvalue weighted by Crippen LogP contribution is 2.49. The molecule has 2 aliphatic rings. The van der Waals surface area contributed by atoms with Crippen molar-refractivity contribution in [3.63, 3.8) is 0 Å². The quantitative estimate of drug-likeness (QED) is 0.788. The maximum Gasteiger partial charge on any atom is 0.240 e. The number of likely N-dealkylation sites (tertiary alicyclic amines) is 1. The van der Waals surface area contributed by atoms with Crippen molar-refractivity contribution in [3.05, 3.63) is 0 Å². The Bertz CT molecular complexity index is 289. The third kappa shape index (κ3) is 2.32. The molecule has 1 heterocycles. The van der Waals surface area contributed by atoms with Crippen LogP contribution in [0, 0.1) is 11.3 Å². The Morgan fingerprint density at radius 2 is 2.18 bits per heavy atom. The highest BCUT2D eigenvalue weighted by molar-refractivity contribution is 6.30. The van der Waals surface area contributed by atoms with Gasteiger partial charge in [0.25, 0.3) is 0 Å². The second-order valence-corrected chi connectivity index (χ2v) is 6.07. The predicted octanol–water partition coefficient (Wildman–Crippen LogP) is 2.01. The average Bonchev–Trinajstić information content (AvgIpc) is 2.95. The van der Waals surface area contributed by atoms with Crippen LogP contribution in [0.5, 0.6) is 0 Å². The summed E-state index contributed by atoms with van der Waals surface area (Å²) in [6.45, 7) is 3.63. The topological polar surface area (TPSA) is 40.5 Å². The molecule has 0 aromatic carbocycles. The van der Waals surface area contributed by atoms with Gasteiger partial charge in [-0.15, -0.1) is 11.6 Å². The van der Waals surface area contributed by atoms with Gasteiger partial charge >= 0.3 is 0 Å². The van der Waals surface area contributed by atoms with Crippen molar-refractivity contribution in [1.82, 2.24) is 4.90 Å².